The average molecular weight is 367 g/mol. The van der Waals surface area contributed by atoms with Gasteiger partial charge in [0.15, 0.2) is 0 Å². The van der Waals surface area contributed by atoms with Crippen LogP contribution in [0.15, 0.2) is 53.4 Å². The molecule has 124 valence electrons. The van der Waals surface area contributed by atoms with E-state index in [2.05, 4.69) is 16.4 Å². The highest BCUT2D eigenvalue weighted by molar-refractivity contribution is 7.14. The normalized spacial score (nSPS) is 11.0. The van der Waals surface area contributed by atoms with Gasteiger partial charge >= 0.3 is 5.97 Å². The van der Waals surface area contributed by atoms with Crippen LogP contribution in [0.2, 0.25) is 0 Å². The van der Waals surface area contributed by atoms with Crippen LogP contribution in [-0.4, -0.2) is 18.1 Å². The number of nitriles is 1. The molecule has 7 heteroatoms. The van der Waals surface area contributed by atoms with Gasteiger partial charge < -0.3 is 10.1 Å². The average Bonchev–Trinajstić information content (AvgIpc) is 3.33. The number of nitrogens with one attached hydrogen (secondary N) is 1. The van der Waals surface area contributed by atoms with E-state index in [1.54, 1.807) is 41.8 Å². The Morgan fingerprint density at radius 1 is 1.28 bits per heavy atom. The number of hydrogen-bond donors (Lipinski definition) is 1. The second-order valence-corrected chi connectivity index (χ2v) is 6.67. The van der Waals surface area contributed by atoms with Crippen molar-refractivity contribution in [1.82, 2.24) is 4.98 Å². The number of carbonyl (C=O) groups excluding carboxylic acids is 1. The first-order valence-corrected chi connectivity index (χ1v) is 9.02. The molecule has 0 aliphatic carbocycles. The molecule has 0 amide bonds. The van der Waals surface area contributed by atoms with Crippen LogP contribution in [0, 0.1) is 11.3 Å². The third-order valence-electron chi connectivity index (χ3n) is 3.33. The molecule has 1 aromatic carbocycles. The summed E-state index contributed by atoms with van der Waals surface area (Å²) >= 11 is 3.01. The predicted octanol–water partition coefficient (Wildman–Crippen LogP) is 4.63. The summed E-state index contributed by atoms with van der Waals surface area (Å²) in [5.74, 6) is -0.441. The molecule has 0 bridgehead atoms. The number of benzene rings is 1. The number of esters is 1. The van der Waals surface area contributed by atoms with E-state index in [4.69, 9.17) is 4.74 Å². The molecule has 0 aliphatic heterocycles. The fourth-order valence-electron chi connectivity index (χ4n) is 2.12. The monoisotopic (exact) mass is 367 g/mol. The van der Waals surface area contributed by atoms with Gasteiger partial charge in [-0.3, -0.25) is 0 Å². The molecule has 0 spiro atoms. The standard InChI is InChI=1S/C18H13N3O2S2/c1-23-18(22)13-5-2-3-6-14(13)20-10-12(9-19)17-21-15(11-25-17)16-7-4-8-24-16/h2-8,10-11,20H,1H3. The number of carbonyl (C=O) groups is 1. The number of para-hydroxylation sites is 1. The van der Waals surface area contributed by atoms with Crippen molar-refractivity contribution in [2.24, 2.45) is 0 Å². The molecule has 0 aliphatic rings. The van der Waals surface area contributed by atoms with Gasteiger partial charge in [0.25, 0.3) is 0 Å². The van der Waals surface area contributed by atoms with Gasteiger partial charge in [-0.25, -0.2) is 9.78 Å². The number of hydrogen-bond acceptors (Lipinski definition) is 7. The Balaban J connectivity index is 1.85. The fraction of sp³-hybridized carbons (Fsp3) is 0.0556. The smallest absolute Gasteiger partial charge is 0.339 e. The zero-order valence-electron chi connectivity index (χ0n) is 13.2. The maximum Gasteiger partial charge on any atom is 0.339 e. The van der Waals surface area contributed by atoms with Gasteiger partial charge in [-0.15, -0.1) is 22.7 Å². The maximum atomic E-state index is 11.8. The van der Waals surface area contributed by atoms with Crippen molar-refractivity contribution in [1.29, 1.82) is 5.26 Å². The number of anilines is 1. The summed E-state index contributed by atoms with van der Waals surface area (Å²) in [7, 11) is 1.33. The molecule has 0 radical (unpaired) electrons. The molecule has 5 nitrogen and oxygen atoms in total. The van der Waals surface area contributed by atoms with Gasteiger partial charge in [-0.1, -0.05) is 18.2 Å². The van der Waals surface area contributed by atoms with Crippen molar-refractivity contribution in [2.45, 2.75) is 0 Å². The van der Waals surface area contributed by atoms with Crippen molar-refractivity contribution in [3.8, 4) is 16.6 Å². The molecule has 0 saturated carbocycles. The number of rotatable bonds is 5. The Bertz CT molecular complexity index is 953. The molecule has 25 heavy (non-hydrogen) atoms. The van der Waals surface area contributed by atoms with Crippen molar-refractivity contribution in [2.75, 3.05) is 12.4 Å². The van der Waals surface area contributed by atoms with Crippen LogP contribution in [0.25, 0.3) is 16.1 Å². The summed E-state index contributed by atoms with van der Waals surface area (Å²) in [6.07, 6.45) is 1.55. The van der Waals surface area contributed by atoms with Crippen LogP contribution in [-0.2, 0) is 4.74 Å². The van der Waals surface area contributed by atoms with Gasteiger partial charge in [-0.05, 0) is 23.6 Å². The highest BCUT2D eigenvalue weighted by Gasteiger charge is 2.12. The summed E-state index contributed by atoms with van der Waals surface area (Å²) in [6.45, 7) is 0. The topological polar surface area (TPSA) is 75.0 Å². The number of aromatic nitrogens is 1. The Kier molecular flexibility index (Phi) is 5.23. The van der Waals surface area contributed by atoms with Crippen molar-refractivity contribution in [3.63, 3.8) is 0 Å². The van der Waals surface area contributed by atoms with Crippen molar-refractivity contribution >= 4 is 39.9 Å². The lowest BCUT2D eigenvalue weighted by atomic mass is 10.2. The van der Waals surface area contributed by atoms with Crippen LogP contribution in [0.1, 0.15) is 15.4 Å². The first-order valence-electron chi connectivity index (χ1n) is 7.27. The summed E-state index contributed by atoms with van der Waals surface area (Å²) in [6, 6.07) is 13.1. The lowest BCUT2D eigenvalue weighted by molar-refractivity contribution is 0.0602. The minimum Gasteiger partial charge on any atom is -0.465 e. The molecule has 2 heterocycles. The molecule has 1 N–H and O–H groups in total. The zero-order valence-corrected chi connectivity index (χ0v) is 14.9. The number of methoxy groups -OCH3 is 1. The van der Waals surface area contributed by atoms with E-state index in [1.165, 1.54) is 18.4 Å². The van der Waals surface area contributed by atoms with Crippen molar-refractivity contribution in [3.05, 3.63) is 63.9 Å². The molecular weight excluding hydrogens is 354 g/mol. The number of ether oxygens (including phenoxy) is 1. The summed E-state index contributed by atoms with van der Waals surface area (Å²) in [5.41, 5.74) is 2.22. The number of allylic oxidation sites excluding steroid dienone is 1. The van der Waals surface area contributed by atoms with E-state index in [-0.39, 0.29) is 0 Å². The minimum atomic E-state index is -0.441. The number of thiazole rings is 1. The first kappa shape index (κ1) is 16.9. The summed E-state index contributed by atoms with van der Waals surface area (Å²) in [5, 5.41) is 17.0. The van der Waals surface area contributed by atoms with E-state index in [9.17, 15) is 10.1 Å². The molecule has 0 saturated heterocycles. The first-order chi connectivity index (χ1) is 12.2. The van der Waals surface area contributed by atoms with Crippen LogP contribution < -0.4 is 5.32 Å². The largest absolute Gasteiger partial charge is 0.465 e. The highest BCUT2D eigenvalue weighted by Crippen LogP contribution is 2.29. The Hall–Kier alpha value is -2.95. The second-order valence-electron chi connectivity index (χ2n) is 4.87. The van der Waals surface area contributed by atoms with Gasteiger partial charge in [0.05, 0.1) is 28.9 Å². The zero-order chi connectivity index (χ0) is 17.6. The molecule has 0 atom stereocenters. The van der Waals surface area contributed by atoms with E-state index in [0.29, 0.717) is 21.8 Å². The van der Waals surface area contributed by atoms with E-state index in [1.807, 2.05) is 22.9 Å². The van der Waals surface area contributed by atoms with E-state index in [0.717, 1.165) is 10.6 Å². The summed E-state index contributed by atoms with van der Waals surface area (Å²) in [4.78, 5) is 17.4. The fourth-order valence-corrected chi connectivity index (χ4v) is 3.67. The quantitative estimate of drug-likeness (QED) is 0.525. The Morgan fingerprint density at radius 2 is 2.12 bits per heavy atom. The second kappa shape index (κ2) is 7.75. The third-order valence-corrected chi connectivity index (χ3v) is 5.10. The van der Waals surface area contributed by atoms with E-state index >= 15 is 0 Å². The molecule has 0 fully saturated rings. The van der Waals surface area contributed by atoms with E-state index < -0.39 is 5.97 Å². The molecule has 3 aromatic rings. The third kappa shape index (κ3) is 3.76. The lowest BCUT2D eigenvalue weighted by Gasteiger charge is -2.07. The van der Waals surface area contributed by atoms with Gasteiger partial charge in [0, 0.05) is 11.6 Å². The minimum absolute atomic E-state index is 0.396. The Labute approximate surface area is 152 Å². The van der Waals surface area contributed by atoms with Crippen LogP contribution >= 0.6 is 22.7 Å². The van der Waals surface area contributed by atoms with Gasteiger partial charge in [0.1, 0.15) is 16.6 Å². The molecule has 0 unspecified atom stereocenters. The lowest BCUT2D eigenvalue weighted by Crippen LogP contribution is -2.05. The molecular formula is C18H13N3O2S2. The number of nitrogens with zero attached hydrogens (tertiary/aromatic N) is 2. The predicted molar refractivity (Wildman–Crippen MR) is 100 cm³/mol. The van der Waals surface area contributed by atoms with Gasteiger partial charge in [0.2, 0.25) is 0 Å². The van der Waals surface area contributed by atoms with Crippen LogP contribution in [0.4, 0.5) is 5.69 Å². The maximum absolute atomic E-state index is 11.8. The SMILES string of the molecule is COC(=O)c1ccccc1NC=C(C#N)c1nc(-c2cccs2)cs1. The van der Waals surface area contributed by atoms with Crippen LogP contribution in [0.3, 0.4) is 0 Å². The number of thiophene rings is 1. The van der Waals surface area contributed by atoms with Crippen molar-refractivity contribution < 1.29 is 9.53 Å². The van der Waals surface area contributed by atoms with Crippen LogP contribution in [0.5, 0.6) is 0 Å². The summed E-state index contributed by atoms with van der Waals surface area (Å²) < 4.78 is 4.77. The van der Waals surface area contributed by atoms with Gasteiger partial charge in [-0.2, -0.15) is 5.26 Å². The highest BCUT2D eigenvalue weighted by atomic mass is 32.1. The molecule has 2 aromatic heterocycles. The Morgan fingerprint density at radius 3 is 2.84 bits per heavy atom. The molecule has 3 rings (SSSR count).